The minimum Gasteiger partial charge on any atom is -0.372 e. The Morgan fingerprint density at radius 1 is 1.37 bits per heavy atom. The number of nitrogens with one attached hydrogen (secondary N) is 1. The molecule has 0 aliphatic carbocycles. The summed E-state index contributed by atoms with van der Waals surface area (Å²) in [6.45, 7) is 2.84. The van der Waals surface area contributed by atoms with Crippen molar-refractivity contribution in [2.45, 2.75) is 25.6 Å². The molecule has 0 saturated heterocycles. The van der Waals surface area contributed by atoms with Crippen LogP contribution in [0.15, 0.2) is 28.7 Å². The zero-order valence-corrected chi connectivity index (χ0v) is 12.2. The summed E-state index contributed by atoms with van der Waals surface area (Å²) in [5.41, 5.74) is 0.859. The van der Waals surface area contributed by atoms with E-state index >= 15 is 0 Å². The molecule has 1 rings (SSSR count). The van der Waals surface area contributed by atoms with Crippen LogP contribution in [0.2, 0.25) is 0 Å². The topological polar surface area (TPSA) is 21.3 Å². The Bertz CT molecular complexity index is 384. The number of benzene rings is 1. The van der Waals surface area contributed by atoms with Gasteiger partial charge in [0.15, 0.2) is 0 Å². The Kier molecular flexibility index (Phi) is 6.82. The Balaban J connectivity index is 2.61. The van der Waals surface area contributed by atoms with Gasteiger partial charge < -0.3 is 10.1 Å². The maximum Gasteiger partial charge on any atom is 0.391 e. The highest BCUT2D eigenvalue weighted by atomic mass is 79.9. The number of likely N-dealkylation sites (N-methyl/N-ethyl adjacent to an activating group) is 1. The van der Waals surface area contributed by atoms with Gasteiger partial charge in [-0.2, -0.15) is 13.2 Å². The van der Waals surface area contributed by atoms with Gasteiger partial charge in [-0.1, -0.05) is 35.0 Å². The van der Waals surface area contributed by atoms with Crippen molar-refractivity contribution in [2.75, 3.05) is 19.7 Å². The lowest BCUT2D eigenvalue weighted by atomic mass is 10.1. The molecule has 0 aliphatic heterocycles. The van der Waals surface area contributed by atoms with E-state index in [2.05, 4.69) is 21.2 Å². The standard InChI is InChI=1S/C13H17BrF3NO/c1-2-18-9-12(19-7-6-13(15,16)17)10-4-3-5-11(14)8-10/h3-5,8,12,18H,2,6-7,9H2,1H3. The summed E-state index contributed by atoms with van der Waals surface area (Å²) in [4.78, 5) is 0. The van der Waals surface area contributed by atoms with Crippen LogP contribution in [0.1, 0.15) is 25.0 Å². The molecule has 1 aromatic rings. The number of rotatable bonds is 7. The van der Waals surface area contributed by atoms with Crippen LogP contribution in [0.5, 0.6) is 0 Å². The van der Waals surface area contributed by atoms with Gasteiger partial charge in [0.1, 0.15) is 0 Å². The van der Waals surface area contributed by atoms with Gasteiger partial charge in [-0.15, -0.1) is 0 Å². The second kappa shape index (κ2) is 7.87. The average Bonchev–Trinajstić information content (AvgIpc) is 2.32. The van der Waals surface area contributed by atoms with Gasteiger partial charge in [-0.25, -0.2) is 0 Å². The molecule has 1 unspecified atom stereocenters. The van der Waals surface area contributed by atoms with E-state index in [4.69, 9.17) is 4.74 Å². The molecule has 0 aliphatic rings. The number of halogens is 4. The minimum atomic E-state index is -4.18. The van der Waals surface area contributed by atoms with E-state index in [1.54, 1.807) is 0 Å². The first-order chi connectivity index (χ1) is 8.92. The zero-order chi connectivity index (χ0) is 14.3. The van der Waals surface area contributed by atoms with E-state index in [-0.39, 0.29) is 12.7 Å². The second-order valence-corrected chi connectivity index (χ2v) is 5.00. The first-order valence-electron chi connectivity index (χ1n) is 6.07. The van der Waals surface area contributed by atoms with Gasteiger partial charge >= 0.3 is 6.18 Å². The summed E-state index contributed by atoms with van der Waals surface area (Å²) >= 11 is 3.34. The van der Waals surface area contributed by atoms with Gasteiger partial charge in [0, 0.05) is 11.0 Å². The van der Waals surface area contributed by atoms with Gasteiger partial charge in [0.05, 0.1) is 19.1 Å². The fourth-order valence-corrected chi connectivity index (χ4v) is 1.99. The quantitative estimate of drug-likeness (QED) is 0.808. The van der Waals surface area contributed by atoms with E-state index in [1.807, 2.05) is 31.2 Å². The van der Waals surface area contributed by atoms with Gasteiger partial charge in [-0.3, -0.25) is 0 Å². The van der Waals surface area contributed by atoms with E-state index in [0.29, 0.717) is 6.54 Å². The highest BCUT2D eigenvalue weighted by molar-refractivity contribution is 9.10. The summed E-state index contributed by atoms with van der Waals surface area (Å²) in [5, 5.41) is 3.09. The first-order valence-corrected chi connectivity index (χ1v) is 6.86. The third kappa shape index (κ3) is 6.94. The molecule has 1 atom stereocenters. The Morgan fingerprint density at radius 3 is 2.68 bits per heavy atom. The van der Waals surface area contributed by atoms with Crippen molar-refractivity contribution in [3.05, 3.63) is 34.3 Å². The third-order valence-electron chi connectivity index (χ3n) is 2.50. The highest BCUT2D eigenvalue weighted by Crippen LogP contribution is 2.24. The lowest BCUT2D eigenvalue weighted by Crippen LogP contribution is -2.24. The van der Waals surface area contributed by atoms with Crippen molar-refractivity contribution in [1.29, 1.82) is 0 Å². The van der Waals surface area contributed by atoms with Crippen LogP contribution in [0.4, 0.5) is 13.2 Å². The van der Waals surface area contributed by atoms with Crippen LogP contribution in [0.3, 0.4) is 0 Å². The predicted molar refractivity (Wildman–Crippen MR) is 72.1 cm³/mol. The van der Waals surface area contributed by atoms with Crippen molar-refractivity contribution >= 4 is 15.9 Å². The van der Waals surface area contributed by atoms with Crippen molar-refractivity contribution in [3.63, 3.8) is 0 Å². The molecule has 108 valence electrons. The molecular formula is C13H17BrF3NO. The summed E-state index contributed by atoms with van der Waals surface area (Å²) in [5.74, 6) is 0. The van der Waals surface area contributed by atoms with Crippen LogP contribution in [-0.2, 0) is 4.74 Å². The molecule has 1 N–H and O–H groups in total. The zero-order valence-electron chi connectivity index (χ0n) is 10.6. The van der Waals surface area contributed by atoms with Crippen LogP contribution < -0.4 is 5.32 Å². The lowest BCUT2D eigenvalue weighted by Gasteiger charge is -2.19. The number of hydrogen-bond donors (Lipinski definition) is 1. The maximum absolute atomic E-state index is 12.1. The average molecular weight is 340 g/mol. The number of alkyl halides is 3. The van der Waals surface area contributed by atoms with Crippen molar-refractivity contribution in [2.24, 2.45) is 0 Å². The van der Waals surface area contributed by atoms with E-state index < -0.39 is 12.6 Å². The van der Waals surface area contributed by atoms with Crippen molar-refractivity contribution < 1.29 is 17.9 Å². The van der Waals surface area contributed by atoms with E-state index in [0.717, 1.165) is 16.6 Å². The fraction of sp³-hybridized carbons (Fsp3) is 0.538. The van der Waals surface area contributed by atoms with Gasteiger partial charge in [0.25, 0.3) is 0 Å². The molecule has 0 heterocycles. The molecule has 2 nitrogen and oxygen atoms in total. The molecule has 6 heteroatoms. The SMILES string of the molecule is CCNCC(OCCC(F)(F)F)c1cccc(Br)c1. The van der Waals surface area contributed by atoms with Gasteiger partial charge in [0.2, 0.25) is 0 Å². The maximum atomic E-state index is 12.1. The predicted octanol–water partition coefficient (Wildman–Crippen LogP) is 4.07. The molecule has 19 heavy (non-hydrogen) atoms. The molecule has 0 saturated carbocycles. The largest absolute Gasteiger partial charge is 0.391 e. The lowest BCUT2D eigenvalue weighted by molar-refractivity contribution is -0.149. The second-order valence-electron chi connectivity index (χ2n) is 4.09. The van der Waals surface area contributed by atoms with E-state index in [1.165, 1.54) is 0 Å². The van der Waals surface area contributed by atoms with Crippen molar-refractivity contribution in [1.82, 2.24) is 5.32 Å². The van der Waals surface area contributed by atoms with Crippen LogP contribution in [0.25, 0.3) is 0 Å². The third-order valence-corrected chi connectivity index (χ3v) is 3.00. The number of hydrogen-bond acceptors (Lipinski definition) is 2. The smallest absolute Gasteiger partial charge is 0.372 e. The highest BCUT2D eigenvalue weighted by Gasteiger charge is 2.27. The first kappa shape index (κ1) is 16.5. The molecule has 0 bridgehead atoms. The molecule has 0 fully saturated rings. The minimum absolute atomic E-state index is 0.327. The van der Waals surface area contributed by atoms with Crippen LogP contribution in [0, 0.1) is 0 Å². The van der Waals surface area contributed by atoms with Crippen LogP contribution >= 0.6 is 15.9 Å². The Hall–Kier alpha value is -0.590. The molecular weight excluding hydrogens is 323 g/mol. The summed E-state index contributed by atoms with van der Waals surface area (Å²) in [6.07, 6.45) is -5.48. The summed E-state index contributed by atoms with van der Waals surface area (Å²) in [6, 6.07) is 7.41. The summed E-state index contributed by atoms with van der Waals surface area (Å²) in [7, 11) is 0. The van der Waals surface area contributed by atoms with Crippen molar-refractivity contribution in [3.8, 4) is 0 Å². The Labute approximate surface area is 119 Å². The number of ether oxygens (including phenoxy) is 1. The van der Waals surface area contributed by atoms with E-state index in [9.17, 15) is 13.2 Å². The van der Waals surface area contributed by atoms with Gasteiger partial charge in [-0.05, 0) is 24.2 Å². The molecule has 1 aromatic carbocycles. The Morgan fingerprint density at radius 2 is 2.11 bits per heavy atom. The normalized spacial score (nSPS) is 13.5. The fourth-order valence-electron chi connectivity index (χ4n) is 1.57. The monoisotopic (exact) mass is 339 g/mol. The molecule has 0 amide bonds. The van der Waals surface area contributed by atoms with Crippen LogP contribution in [-0.4, -0.2) is 25.9 Å². The molecule has 0 radical (unpaired) electrons. The molecule has 0 aromatic heterocycles. The summed E-state index contributed by atoms with van der Waals surface area (Å²) < 4.78 is 42.6. The molecule has 0 spiro atoms.